The second-order valence-corrected chi connectivity index (χ2v) is 9.42. The lowest BCUT2D eigenvalue weighted by atomic mass is 9.45. The number of ketones is 1. The minimum atomic E-state index is 0.490. The summed E-state index contributed by atoms with van der Waals surface area (Å²) in [6.45, 7) is 7.67. The van der Waals surface area contributed by atoms with Crippen LogP contribution in [0.3, 0.4) is 0 Å². The molecule has 0 amide bonds. The van der Waals surface area contributed by atoms with Crippen LogP contribution in [0.2, 0.25) is 0 Å². The maximum Gasteiger partial charge on any atom is 0.133 e. The lowest BCUT2D eigenvalue weighted by Gasteiger charge is -2.60. The van der Waals surface area contributed by atoms with Crippen LogP contribution in [0.1, 0.15) is 78.6 Å². The van der Waals surface area contributed by atoms with Crippen molar-refractivity contribution in [2.45, 2.75) is 78.6 Å². The summed E-state index contributed by atoms with van der Waals surface area (Å²) in [6, 6.07) is 0. The molecule has 0 aromatic carbocycles. The summed E-state index contributed by atoms with van der Waals surface area (Å²) in [5, 5.41) is 0. The molecule has 0 saturated heterocycles. The van der Waals surface area contributed by atoms with Gasteiger partial charge in [-0.1, -0.05) is 20.8 Å². The Balaban J connectivity index is 1.64. The first-order valence-corrected chi connectivity index (χ1v) is 9.47. The monoisotopic (exact) mass is 288 g/mol. The van der Waals surface area contributed by atoms with Gasteiger partial charge in [0.2, 0.25) is 0 Å². The zero-order chi connectivity index (χ0) is 14.8. The second-order valence-electron chi connectivity index (χ2n) is 9.42. The Hall–Kier alpha value is -0.330. The molecule has 0 radical (unpaired) electrons. The summed E-state index contributed by atoms with van der Waals surface area (Å²) in [7, 11) is 0. The largest absolute Gasteiger partial charge is 0.300 e. The highest BCUT2D eigenvalue weighted by Gasteiger charge is 2.59. The Kier molecular flexibility index (Phi) is 3.12. The van der Waals surface area contributed by atoms with Crippen molar-refractivity contribution in [3.8, 4) is 0 Å². The first-order valence-electron chi connectivity index (χ1n) is 9.47. The minimum Gasteiger partial charge on any atom is -0.300 e. The molecule has 4 saturated carbocycles. The van der Waals surface area contributed by atoms with Crippen LogP contribution in [-0.4, -0.2) is 5.78 Å². The zero-order valence-electron chi connectivity index (χ0n) is 14.2. The number of carbonyl (C=O) groups is 1. The van der Waals surface area contributed by atoms with Crippen LogP contribution in [0.15, 0.2) is 0 Å². The third-order valence-electron chi connectivity index (χ3n) is 8.96. The summed E-state index contributed by atoms with van der Waals surface area (Å²) < 4.78 is 0. The molecule has 1 nitrogen and oxygen atoms in total. The molecule has 0 aromatic rings. The van der Waals surface area contributed by atoms with Crippen LogP contribution < -0.4 is 0 Å². The highest BCUT2D eigenvalue weighted by atomic mass is 16.1. The van der Waals surface area contributed by atoms with Crippen molar-refractivity contribution in [3.63, 3.8) is 0 Å². The van der Waals surface area contributed by atoms with E-state index in [9.17, 15) is 4.79 Å². The van der Waals surface area contributed by atoms with Gasteiger partial charge in [-0.05, 0) is 85.4 Å². The van der Waals surface area contributed by atoms with Crippen molar-refractivity contribution < 1.29 is 4.79 Å². The van der Waals surface area contributed by atoms with Gasteiger partial charge in [-0.2, -0.15) is 0 Å². The van der Waals surface area contributed by atoms with Gasteiger partial charge in [0.25, 0.3) is 0 Å². The van der Waals surface area contributed by atoms with Crippen LogP contribution in [0.5, 0.6) is 0 Å². The van der Waals surface area contributed by atoms with E-state index in [1.54, 1.807) is 0 Å². The number of carbonyl (C=O) groups excluding carboxylic acids is 1. The van der Waals surface area contributed by atoms with Crippen molar-refractivity contribution in [2.75, 3.05) is 0 Å². The van der Waals surface area contributed by atoms with Gasteiger partial charge in [-0.3, -0.25) is 4.79 Å². The normalized spacial score (nSPS) is 56.5. The molecule has 118 valence electrons. The molecule has 7 atom stereocenters. The van der Waals surface area contributed by atoms with E-state index in [0.29, 0.717) is 22.5 Å². The number of rotatable bonds is 0. The van der Waals surface area contributed by atoms with Crippen molar-refractivity contribution in [1.29, 1.82) is 0 Å². The number of Topliss-reactive ketones (excluding diaryl/α,β-unsaturated/α-hetero) is 1. The molecule has 0 unspecified atom stereocenters. The van der Waals surface area contributed by atoms with E-state index in [1.165, 1.54) is 44.9 Å². The summed E-state index contributed by atoms with van der Waals surface area (Å²) in [5.41, 5.74) is 1.12. The molecule has 4 aliphatic carbocycles. The van der Waals surface area contributed by atoms with Gasteiger partial charge >= 0.3 is 0 Å². The fourth-order valence-electron chi connectivity index (χ4n) is 7.31. The first kappa shape index (κ1) is 14.3. The molecule has 0 spiro atoms. The van der Waals surface area contributed by atoms with Crippen LogP contribution in [0.25, 0.3) is 0 Å². The van der Waals surface area contributed by atoms with Crippen molar-refractivity contribution in [2.24, 2.45) is 40.4 Å². The second kappa shape index (κ2) is 4.59. The third-order valence-corrected chi connectivity index (χ3v) is 8.96. The van der Waals surface area contributed by atoms with E-state index >= 15 is 0 Å². The van der Waals surface area contributed by atoms with Gasteiger partial charge in [0.15, 0.2) is 0 Å². The Morgan fingerprint density at radius 1 is 0.905 bits per heavy atom. The Morgan fingerprint density at radius 3 is 2.48 bits per heavy atom. The molecular weight excluding hydrogens is 256 g/mol. The van der Waals surface area contributed by atoms with Gasteiger partial charge in [-0.25, -0.2) is 0 Å². The van der Waals surface area contributed by atoms with E-state index in [2.05, 4.69) is 20.8 Å². The number of hydrogen-bond donors (Lipinski definition) is 0. The summed E-state index contributed by atoms with van der Waals surface area (Å²) in [5.74, 6) is 5.08. The van der Waals surface area contributed by atoms with Crippen molar-refractivity contribution in [1.82, 2.24) is 0 Å². The molecule has 4 rings (SSSR count). The topological polar surface area (TPSA) is 17.1 Å². The fraction of sp³-hybridized carbons (Fsp3) is 0.950. The SMILES string of the molecule is C[C@@H]1CC[C@H]2[C@@H]3CC[C@H]4CC(=O)CC[C@]4(C)[C@H]3CC[C@]12C. The van der Waals surface area contributed by atoms with Crippen molar-refractivity contribution >= 4 is 5.78 Å². The molecule has 0 N–H and O–H groups in total. The zero-order valence-corrected chi connectivity index (χ0v) is 14.2. The summed E-state index contributed by atoms with van der Waals surface area (Å²) >= 11 is 0. The summed E-state index contributed by atoms with van der Waals surface area (Å²) in [4.78, 5) is 11.9. The van der Waals surface area contributed by atoms with E-state index in [0.717, 1.165) is 36.5 Å². The number of hydrogen-bond acceptors (Lipinski definition) is 1. The van der Waals surface area contributed by atoms with Gasteiger partial charge in [-0.15, -0.1) is 0 Å². The van der Waals surface area contributed by atoms with Gasteiger partial charge in [0.05, 0.1) is 0 Å². The fourth-order valence-corrected chi connectivity index (χ4v) is 7.31. The number of fused-ring (bicyclic) bond motifs is 5. The molecule has 4 aliphatic rings. The summed E-state index contributed by atoms with van der Waals surface area (Å²) in [6.07, 6.45) is 11.6. The molecule has 4 fully saturated rings. The lowest BCUT2D eigenvalue weighted by molar-refractivity contribution is -0.139. The van der Waals surface area contributed by atoms with Gasteiger partial charge < -0.3 is 0 Å². The molecule has 0 aliphatic heterocycles. The minimum absolute atomic E-state index is 0.490. The van der Waals surface area contributed by atoms with Crippen LogP contribution in [0, 0.1) is 40.4 Å². The van der Waals surface area contributed by atoms with E-state index in [1.807, 2.05) is 0 Å². The Morgan fingerprint density at radius 2 is 1.67 bits per heavy atom. The Bertz CT molecular complexity index is 455. The van der Waals surface area contributed by atoms with Crippen LogP contribution >= 0.6 is 0 Å². The smallest absolute Gasteiger partial charge is 0.133 e. The highest BCUT2D eigenvalue weighted by molar-refractivity contribution is 5.79. The predicted molar refractivity (Wildman–Crippen MR) is 85.9 cm³/mol. The first-order chi connectivity index (χ1) is 9.95. The van der Waals surface area contributed by atoms with E-state index in [4.69, 9.17) is 0 Å². The molecule has 0 aromatic heterocycles. The maximum atomic E-state index is 11.9. The van der Waals surface area contributed by atoms with E-state index in [-0.39, 0.29) is 0 Å². The standard InChI is InChI=1S/C20H32O/c1-13-4-7-17-16-6-5-14-12-15(21)8-10-20(14,3)18(16)9-11-19(13,17)2/h13-14,16-18H,4-12H2,1-3H3/t13-,14+,16+,17+,18+,19-,20+/m1/s1. The average Bonchev–Trinajstić information content (AvgIpc) is 2.76. The predicted octanol–water partition coefficient (Wildman–Crippen LogP) is 5.23. The van der Waals surface area contributed by atoms with Crippen LogP contribution in [0.4, 0.5) is 0 Å². The lowest BCUT2D eigenvalue weighted by Crippen LogP contribution is -2.53. The van der Waals surface area contributed by atoms with Crippen LogP contribution in [-0.2, 0) is 4.79 Å². The molecule has 1 heteroatoms. The Labute approximate surface area is 130 Å². The molecule has 0 heterocycles. The maximum absolute atomic E-state index is 11.9. The van der Waals surface area contributed by atoms with E-state index < -0.39 is 0 Å². The highest BCUT2D eigenvalue weighted by Crippen LogP contribution is 2.67. The molecular formula is C20H32O. The third kappa shape index (κ3) is 1.85. The van der Waals surface area contributed by atoms with Crippen molar-refractivity contribution in [3.05, 3.63) is 0 Å². The average molecular weight is 288 g/mol. The molecule has 0 bridgehead atoms. The van der Waals surface area contributed by atoms with Gasteiger partial charge in [0, 0.05) is 12.8 Å². The quantitative estimate of drug-likeness (QED) is 0.596. The molecule has 21 heavy (non-hydrogen) atoms. The van der Waals surface area contributed by atoms with Gasteiger partial charge in [0.1, 0.15) is 5.78 Å².